The van der Waals surface area contributed by atoms with Crippen LogP contribution < -0.4 is 10.2 Å². The predicted molar refractivity (Wildman–Crippen MR) is 88.2 cm³/mol. The molecule has 7 heteroatoms. The summed E-state index contributed by atoms with van der Waals surface area (Å²) in [6.07, 6.45) is -1.03. The molecule has 118 valence electrons. The van der Waals surface area contributed by atoms with Gasteiger partial charge in [-0.25, -0.2) is 9.78 Å². The summed E-state index contributed by atoms with van der Waals surface area (Å²) in [7, 11) is 1.60. The topological polar surface area (TPSA) is 74.7 Å². The Kier molecular flexibility index (Phi) is 5.41. The number of fused-ring (bicyclic) bond motifs is 1. The molecule has 0 radical (unpaired) electrons. The van der Waals surface area contributed by atoms with Crippen molar-refractivity contribution in [2.45, 2.75) is 6.92 Å². The van der Waals surface area contributed by atoms with Gasteiger partial charge in [-0.2, -0.15) is 0 Å². The number of amides is 1. The highest BCUT2D eigenvalue weighted by molar-refractivity contribution is 6.35. The zero-order valence-electron chi connectivity index (χ0n) is 12.5. The SMILES string of the molecule is CCN(C(=O)O)c1cc2cccc(Cl)c2nc1NCCOC. The van der Waals surface area contributed by atoms with Crippen LogP contribution in [0.5, 0.6) is 0 Å². The number of ether oxygens (including phenoxy) is 1. The molecule has 2 N–H and O–H groups in total. The third kappa shape index (κ3) is 3.40. The average molecular weight is 324 g/mol. The molecule has 0 saturated heterocycles. The maximum atomic E-state index is 11.4. The van der Waals surface area contributed by atoms with E-state index in [2.05, 4.69) is 10.3 Å². The van der Waals surface area contributed by atoms with Crippen molar-refractivity contribution in [3.8, 4) is 0 Å². The highest BCUT2D eigenvalue weighted by atomic mass is 35.5. The second-order valence-electron chi connectivity index (χ2n) is 4.61. The minimum absolute atomic E-state index is 0.321. The molecule has 1 heterocycles. The molecule has 0 saturated carbocycles. The monoisotopic (exact) mass is 323 g/mol. The molecule has 2 rings (SSSR count). The Morgan fingerprint density at radius 1 is 1.50 bits per heavy atom. The summed E-state index contributed by atoms with van der Waals surface area (Å²) < 4.78 is 5.00. The highest BCUT2D eigenvalue weighted by Crippen LogP contribution is 2.31. The lowest BCUT2D eigenvalue weighted by Gasteiger charge is -2.21. The summed E-state index contributed by atoms with van der Waals surface area (Å²) in [4.78, 5) is 17.2. The fraction of sp³-hybridized carbons (Fsp3) is 0.333. The summed E-state index contributed by atoms with van der Waals surface area (Å²) in [6.45, 7) is 3.10. The first-order valence-electron chi connectivity index (χ1n) is 6.91. The number of methoxy groups -OCH3 is 1. The minimum atomic E-state index is -1.03. The Morgan fingerprint density at radius 2 is 2.27 bits per heavy atom. The summed E-state index contributed by atoms with van der Waals surface area (Å²) in [5.41, 5.74) is 1.13. The lowest BCUT2D eigenvalue weighted by molar-refractivity contribution is 0.202. The van der Waals surface area contributed by atoms with Crippen molar-refractivity contribution in [2.24, 2.45) is 0 Å². The second kappa shape index (κ2) is 7.29. The normalized spacial score (nSPS) is 10.7. The van der Waals surface area contributed by atoms with Crippen LogP contribution in [0.4, 0.5) is 16.3 Å². The van der Waals surface area contributed by atoms with Gasteiger partial charge in [0, 0.05) is 25.6 Å². The molecule has 6 nitrogen and oxygen atoms in total. The number of para-hydroxylation sites is 1. The molecule has 0 fully saturated rings. The first-order chi connectivity index (χ1) is 10.6. The fourth-order valence-corrected chi connectivity index (χ4v) is 2.39. The number of nitrogens with one attached hydrogen (secondary N) is 1. The van der Waals surface area contributed by atoms with Gasteiger partial charge in [0.2, 0.25) is 0 Å². The van der Waals surface area contributed by atoms with E-state index in [0.29, 0.717) is 41.7 Å². The van der Waals surface area contributed by atoms with E-state index in [4.69, 9.17) is 16.3 Å². The van der Waals surface area contributed by atoms with Crippen LogP contribution in [0.25, 0.3) is 10.9 Å². The number of halogens is 1. The van der Waals surface area contributed by atoms with Gasteiger partial charge in [0.05, 0.1) is 22.8 Å². The molecular formula is C15H18ClN3O3. The molecule has 2 aromatic rings. The van der Waals surface area contributed by atoms with Crippen molar-refractivity contribution in [3.63, 3.8) is 0 Å². The van der Waals surface area contributed by atoms with Crippen molar-refractivity contribution >= 4 is 40.1 Å². The first kappa shape index (κ1) is 16.3. The van der Waals surface area contributed by atoms with Gasteiger partial charge >= 0.3 is 6.09 Å². The number of carbonyl (C=O) groups is 1. The van der Waals surface area contributed by atoms with E-state index in [-0.39, 0.29) is 0 Å². The largest absolute Gasteiger partial charge is 0.465 e. The molecule has 0 atom stereocenters. The van der Waals surface area contributed by atoms with Crippen molar-refractivity contribution in [1.82, 2.24) is 4.98 Å². The summed E-state index contributed by atoms with van der Waals surface area (Å²) in [5, 5.41) is 13.8. The molecule has 22 heavy (non-hydrogen) atoms. The van der Waals surface area contributed by atoms with Gasteiger partial charge in [0.15, 0.2) is 5.82 Å². The Hall–Kier alpha value is -2.05. The van der Waals surface area contributed by atoms with E-state index in [1.807, 2.05) is 12.1 Å². The maximum absolute atomic E-state index is 11.4. The Morgan fingerprint density at radius 3 is 2.91 bits per heavy atom. The number of rotatable bonds is 6. The maximum Gasteiger partial charge on any atom is 0.411 e. The number of aromatic nitrogens is 1. The van der Waals surface area contributed by atoms with E-state index >= 15 is 0 Å². The third-order valence-electron chi connectivity index (χ3n) is 3.21. The van der Waals surface area contributed by atoms with Gasteiger partial charge in [0.25, 0.3) is 0 Å². The quantitative estimate of drug-likeness (QED) is 0.796. The molecule has 0 spiro atoms. The minimum Gasteiger partial charge on any atom is -0.465 e. The van der Waals surface area contributed by atoms with E-state index < -0.39 is 6.09 Å². The molecule has 0 aliphatic carbocycles. The van der Waals surface area contributed by atoms with Crippen LogP contribution in [-0.2, 0) is 4.74 Å². The van der Waals surface area contributed by atoms with Gasteiger partial charge in [-0.1, -0.05) is 23.7 Å². The van der Waals surface area contributed by atoms with Crippen LogP contribution in [0, 0.1) is 0 Å². The summed E-state index contributed by atoms with van der Waals surface area (Å²) in [5.74, 6) is 0.474. The van der Waals surface area contributed by atoms with Crippen LogP contribution in [0.15, 0.2) is 24.3 Å². The molecule has 1 amide bonds. The Bertz CT molecular complexity index is 678. The Balaban J connectivity index is 2.54. The lowest BCUT2D eigenvalue weighted by Crippen LogP contribution is -2.30. The van der Waals surface area contributed by atoms with Crippen LogP contribution in [0.3, 0.4) is 0 Å². The molecule has 1 aromatic carbocycles. The van der Waals surface area contributed by atoms with Crippen molar-refractivity contribution in [2.75, 3.05) is 37.0 Å². The number of hydrogen-bond donors (Lipinski definition) is 2. The zero-order valence-corrected chi connectivity index (χ0v) is 13.2. The van der Waals surface area contributed by atoms with Gasteiger partial charge in [-0.3, -0.25) is 4.90 Å². The zero-order chi connectivity index (χ0) is 16.1. The van der Waals surface area contributed by atoms with Crippen molar-refractivity contribution in [3.05, 3.63) is 29.3 Å². The number of benzene rings is 1. The van der Waals surface area contributed by atoms with E-state index in [1.54, 1.807) is 26.2 Å². The molecule has 0 unspecified atom stereocenters. The summed E-state index contributed by atoms with van der Waals surface area (Å²) in [6, 6.07) is 7.20. The first-order valence-corrected chi connectivity index (χ1v) is 7.28. The smallest absolute Gasteiger partial charge is 0.411 e. The number of hydrogen-bond acceptors (Lipinski definition) is 4. The average Bonchev–Trinajstić information content (AvgIpc) is 2.49. The van der Waals surface area contributed by atoms with Crippen molar-refractivity contribution in [1.29, 1.82) is 0 Å². The number of carboxylic acid groups (broad SMARTS) is 1. The van der Waals surface area contributed by atoms with Crippen LogP contribution in [0.1, 0.15) is 6.92 Å². The summed E-state index contributed by atoms with van der Waals surface area (Å²) >= 11 is 6.17. The van der Waals surface area contributed by atoms with Crippen molar-refractivity contribution < 1.29 is 14.6 Å². The number of anilines is 2. The van der Waals surface area contributed by atoms with Crippen LogP contribution in [-0.4, -0.2) is 43.0 Å². The number of nitrogens with zero attached hydrogens (tertiary/aromatic N) is 2. The van der Waals surface area contributed by atoms with Crippen LogP contribution >= 0.6 is 11.6 Å². The van der Waals surface area contributed by atoms with E-state index in [9.17, 15) is 9.90 Å². The fourth-order valence-electron chi connectivity index (χ4n) is 2.17. The van der Waals surface area contributed by atoms with Gasteiger partial charge in [0.1, 0.15) is 0 Å². The van der Waals surface area contributed by atoms with Gasteiger partial charge in [-0.15, -0.1) is 0 Å². The molecular weight excluding hydrogens is 306 g/mol. The molecule has 0 aliphatic rings. The van der Waals surface area contributed by atoms with Crippen LogP contribution in [0.2, 0.25) is 5.02 Å². The Labute approximate surface area is 133 Å². The second-order valence-corrected chi connectivity index (χ2v) is 5.02. The highest BCUT2D eigenvalue weighted by Gasteiger charge is 2.18. The third-order valence-corrected chi connectivity index (χ3v) is 3.52. The molecule has 1 aromatic heterocycles. The van der Waals surface area contributed by atoms with Gasteiger partial charge < -0.3 is 15.2 Å². The van der Waals surface area contributed by atoms with E-state index in [1.165, 1.54) is 4.90 Å². The van der Waals surface area contributed by atoms with Gasteiger partial charge in [-0.05, 0) is 19.1 Å². The number of pyridine rings is 1. The lowest BCUT2D eigenvalue weighted by atomic mass is 10.2. The standard InChI is InChI=1S/C15H18ClN3O3/c1-3-19(15(20)21)12-9-10-5-4-6-11(16)13(10)18-14(12)17-7-8-22-2/h4-6,9H,3,7-8H2,1-2H3,(H,17,18)(H,20,21). The predicted octanol–water partition coefficient (Wildman–Crippen LogP) is 3.45. The molecule has 0 aliphatic heterocycles. The van der Waals surface area contributed by atoms with E-state index in [0.717, 1.165) is 5.39 Å². The molecule has 0 bridgehead atoms.